The highest BCUT2D eigenvalue weighted by atomic mass is 15.0. The van der Waals surface area contributed by atoms with E-state index in [0.29, 0.717) is 23.4 Å². The molecule has 0 aliphatic heterocycles. The lowest BCUT2D eigenvalue weighted by molar-refractivity contribution is 0.524. The molecular formula is C45H42N4. The normalized spacial score (nSPS) is 16.2. The van der Waals surface area contributed by atoms with E-state index < -0.39 is 0 Å². The highest BCUT2D eigenvalue weighted by molar-refractivity contribution is 5.70. The van der Waals surface area contributed by atoms with Gasteiger partial charge in [0.1, 0.15) is 0 Å². The Morgan fingerprint density at radius 1 is 0.755 bits per heavy atom. The molecule has 0 saturated carbocycles. The fraction of sp³-hybridized carbons (Fsp3) is 0.178. The van der Waals surface area contributed by atoms with Crippen LogP contribution in [-0.4, -0.2) is 19.5 Å². The average molecular weight is 639 g/mol. The molecule has 2 aromatic heterocycles. The number of hydrogen-bond donors (Lipinski definition) is 0. The third-order valence-electron chi connectivity index (χ3n) is 9.88. The van der Waals surface area contributed by atoms with Gasteiger partial charge in [-0.25, -0.2) is 15.0 Å². The van der Waals surface area contributed by atoms with Gasteiger partial charge in [0.15, 0.2) is 17.5 Å². The van der Waals surface area contributed by atoms with Gasteiger partial charge >= 0.3 is 0 Å². The van der Waals surface area contributed by atoms with Crippen LogP contribution in [-0.2, 0) is 6.42 Å². The largest absolute Gasteiger partial charge is 0.318 e. The lowest BCUT2D eigenvalue weighted by atomic mass is 9.75. The highest BCUT2D eigenvalue weighted by Crippen LogP contribution is 2.55. The number of fused-ring (bicyclic) bond motifs is 2. The number of benzene rings is 3. The average Bonchev–Trinajstić information content (AvgIpc) is 3.39. The minimum atomic E-state index is -0.0782. The first-order valence-corrected chi connectivity index (χ1v) is 17.1. The molecule has 1 unspecified atom stereocenters. The zero-order valence-electron chi connectivity index (χ0n) is 28.8. The van der Waals surface area contributed by atoms with E-state index in [1.165, 1.54) is 28.0 Å². The molecule has 4 heteroatoms. The minimum Gasteiger partial charge on any atom is -0.318 e. The van der Waals surface area contributed by atoms with Crippen LogP contribution < -0.4 is 0 Å². The number of allylic oxidation sites excluding steroid dienone is 6. The molecule has 0 bridgehead atoms. The monoisotopic (exact) mass is 638 g/mol. The van der Waals surface area contributed by atoms with Crippen LogP contribution in [0.5, 0.6) is 0 Å². The maximum absolute atomic E-state index is 5.03. The molecule has 4 nitrogen and oxygen atoms in total. The summed E-state index contributed by atoms with van der Waals surface area (Å²) >= 11 is 0. The van der Waals surface area contributed by atoms with E-state index >= 15 is 0 Å². The van der Waals surface area contributed by atoms with Gasteiger partial charge in [0.2, 0.25) is 0 Å². The van der Waals surface area contributed by atoms with Gasteiger partial charge in [-0.3, -0.25) is 0 Å². The molecule has 2 aliphatic rings. The molecule has 49 heavy (non-hydrogen) atoms. The predicted molar refractivity (Wildman–Crippen MR) is 203 cm³/mol. The first-order chi connectivity index (χ1) is 23.9. The second kappa shape index (κ2) is 13.5. The van der Waals surface area contributed by atoms with Gasteiger partial charge in [0.05, 0.1) is 0 Å². The third kappa shape index (κ3) is 6.11. The molecule has 3 aromatic carbocycles. The summed E-state index contributed by atoms with van der Waals surface area (Å²) in [7, 11) is 0. The molecule has 0 amide bonds. The van der Waals surface area contributed by atoms with Gasteiger partial charge in [-0.1, -0.05) is 153 Å². The Bertz CT molecular complexity index is 2120. The van der Waals surface area contributed by atoms with Gasteiger partial charge < -0.3 is 4.57 Å². The van der Waals surface area contributed by atoms with Crippen molar-refractivity contribution in [2.45, 2.75) is 40.5 Å². The van der Waals surface area contributed by atoms with Crippen LogP contribution >= 0.6 is 0 Å². The quantitative estimate of drug-likeness (QED) is 0.167. The lowest BCUT2D eigenvalue weighted by Gasteiger charge is -2.31. The topological polar surface area (TPSA) is 43.6 Å². The summed E-state index contributed by atoms with van der Waals surface area (Å²) in [5, 5.41) is 0. The summed E-state index contributed by atoms with van der Waals surface area (Å²) in [6, 6.07) is 39.7. The molecule has 5 aromatic rings. The van der Waals surface area contributed by atoms with Crippen LogP contribution in [0.4, 0.5) is 0 Å². The number of hydrogen-bond acceptors (Lipinski definition) is 3. The molecule has 242 valence electrons. The van der Waals surface area contributed by atoms with E-state index in [1.54, 1.807) is 0 Å². The number of aryl methyl sites for hydroxylation is 1. The molecule has 2 heterocycles. The second-order valence-corrected chi connectivity index (χ2v) is 13.3. The maximum Gasteiger partial charge on any atom is 0.164 e. The second-order valence-electron chi connectivity index (χ2n) is 13.3. The van der Waals surface area contributed by atoms with E-state index in [2.05, 4.69) is 118 Å². The number of aromatic nitrogens is 4. The lowest BCUT2D eigenvalue weighted by Crippen LogP contribution is -2.22. The zero-order valence-corrected chi connectivity index (χ0v) is 28.8. The van der Waals surface area contributed by atoms with Crippen LogP contribution in [0.25, 0.3) is 45.9 Å². The Hall–Kier alpha value is -5.61. The van der Waals surface area contributed by atoms with Crippen molar-refractivity contribution in [2.75, 3.05) is 0 Å². The van der Waals surface area contributed by atoms with E-state index in [1.807, 2.05) is 60.7 Å². The SMILES string of the molecule is C=CC1=C(C/C=C\C)C2Cc3c(cccccc(C)n3-c3cccc(-c4nc(-c5ccccc5)nc(-c5ccccc5)n4)c3)C=C2C1(C)C. The van der Waals surface area contributed by atoms with Crippen molar-refractivity contribution >= 4 is 6.08 Å². The molecule has 0 spiro atoms. The van der Waals surface area contributed by atoms with E-state index in [-0.39, 0.29) is 5.41 Å². The standard InChI is InChI=1S/C45H42N4/c1-6-8-27-37-38-30-41-34(29-40(38)45(4,5)39(37)7-2)24-17-9-12-19-31(3)49(41)36-26-18-25-35(28-36)44-47-42(32-20-13-10-14-21-32)46-43(48-44)33-22-15-11-16-23-33/h6-26,28-29,38H,2,27,30H2,1,3-5H3/b8-6-,12-9?,24-17?,31-19?. The van der Waals surface area contributed by atoms with Crippen LogP contribution in [0.2, 0.25) is 0 Å². The van der Waals surface area contributed by atoms with Crippen molar-refractivity contribution in [2.24, 2.45) is 11.3 Å². The van der Waals surface area contributed by atoms with Gasteiger partial charge in [-0.05, 0) is 56.0 Å². The molecule has 1 atom stereocenters. The Morgan fingerprint density at radius 2 is 1.33 bits per heavy atom. The van der Waals surface area contributed by atoms with Gasteiger partial charge in [-0.15, -0.1) is 0 Å². The summed E-state index contributed by atoms with van der Waals surface area (Å²) in [4.78, 5) is 15.0. The molecule has 2 aliphatic carbocycles. The van der Waals surface area contributed by atoms with E-state index in [9.17, 15) is 0 Å². The van der Waals surface area contributed by atoms with Crippen LogP contribution in [0.15, 0.2) is 157 Å². The van der Waals surface area contributed by atoms with Crippen molar-refractivity contribution in [3.63, 3.8) is 0 Å². The maximum atomic E-state index is 5.03. The van der Waals surface area contributed by atoms with E-state index in [0.717, 1.165) is 40.9 Å². The smallest absolute Gasteiger partial charge is 0.164 e. The number of rotatable bonds is 7. The van der Waals surface area contributed by atoms with Crippen molar-refractivity contribution in [1.82, 2.24) is 19.5 Å². The van der Waals surface area contributed by atoms with Crippen LogP contribution in [0.3, 0.4) is 0 Å². The van der Waals surface area contributed by atoms with Gasteiger partial charge in [-0.2, -0.15) is 0 Å². The molecule has 0 radical (unpaired) electrons. The Kier molecular flexibility index (Phi) is 8.79. The van der Waals surface area contributed by atoms with Crippen LogP contribution in [0, 0.1) is 18.3 Å². The first-order valence-electron chi connectivity index (χ1n) is 17.1. The van der Waals surface area contributed by atoms with Crippen molar-refractivity contribution < 1.29 is 0 Å². The third-order valence-corrected chi connectivity index (χ3v) is 9.88. The molecule has 0 N–H and O–H groups in total. The zero-order chi connectivity index (χ0) is 34.0. The van der Waals surface area contributed by atoms with Crippen molar-refractivity contribution in [3.8, 4) is 39.9 Å². The first kappa shape index (κ1) is 32.0. The van der Waals surface area contributed by atoms with Crippen LogP contribution in [0.1, 0.15) is 44.1 Å². The molecule has 0 saturated heterocycles. The predicted octanol–water partition coefficient (Wildman–Crippen LogP) is 11.1. The Morgan fingerprint density at radius 3 is 1.94 bits per heavy atom. The fourth-order valence-corrected chi connectivity index (χ4v) is 7.48. The Labute approximate surface area is 290 Å². The highest BCUT2D eigenvalue weighted by Gasteiger charge is 2.43. The fourth-order valence-electron chi connectivity index (χ4n) is 7.48. The molecule has 7 rings (SSSR count). The summed E-state index contributed by atoms with van der Waals surface area (Å²) < 4.78 is 2.43. The summed E-state index contributed by atoms with van der Waals surface area (Å²) in [5.74, 6) is 2.26. The molecule has 0 fully saturated rings. The summed E-state index contributed by atoms with van der Waals surface area (Å²) in [5.41, 5.74) is 11.8. The minimum absolute atomic E-state index is 0.0782. The van der Waals surface area contributed by atoms with Crippen molar-refractivity contribution in [3.05, 3.63) is 174 Å². The van der Waals surface area contributed by atoms with E-state index in [4.69, 9.17) is 15.0 Å². The molecular weight excluding hydrogens is 597 g/mol. The summed E-state index contributed by atoms with van der Waals surface area (Å²) in [6.07, 6.45) is 10.8. The van der Waals surface area contributed by atoms with Crippen molar-refractivity contribution in [1.29, 1.82) is 0 Å². The Balaban J connectivity index is 1.42. The van der Waals surface area contributed by atoms with Gasteiger partial charge in [0.25, 0.3) is 0 Å². The van der Waals surface area contributed by atoms with Gasteiger partial charge in [0, 0.05) is 45.1 Å². The number of nitrogens with zero attached hydrogens (tertiary/aromatic N) is 4. The summed E-state index contributed by atoms with van der Waals surface area (Å²) in [6.45, 7) is 13.3.